The first-order valence-electron chi connectivity index (χ1n) is 8.85. The number of guanidine groups is 1. The van der Waals surface area contributed by atoms with E-state index in [1.807, 2.05) is 11.7 Å². The summed E-state index contributed by atoms with van der Waals surface area (Å²) in [5.74, 6) is 0.951. The van der Waals surface area contributed by atoms with Gasteiger partial charge in [0.25, 0.3) is 0 Å². The third-order valence-corrected chi connectivity index (χ3v) is 4.51. The lowest BCUT2D eigenvalue weighted by Crippen LogP contribution is -2.46. The predicted octanol–water partition coefficient (Wildman–Crippen LogP) is 1.47. The molecule has 0 aromatic carbocycles. The van der Waals surface area contributed by atoms with E-state index in [4.69, 9.17) is 4.99 Å². The zero-order valence-corrected chi connectivity index (χ0v) is 15.0. The molecule has 0 radical (unpaired) electrons. The predicted molar refractivity (Wildman–Crippen MR) is 93.6 cm³/mol. The van der Waals surface area contributed by atoms with Crippen molar-refractivity contribution in [3.8, 4) is 0 Å². The van der Waals surface area contributed by atoms with Crippen molar-refractivity contribution in [2.75, 3.05) is 19.6 Å². The van der Waals surface area contributed by atoms with Crippen molar-refractivity contribution in [1.82, 2.24) is 20.0 Å². The molecule has 1 aromatic rings. The highest BCUT2D eigenvalue weighted by Crippen LogP contribution is 2.17. The van der Waals surface area contributed by atoms with Crippen molar-refractivity contribution in [3.05, 3.63) is 17.0 Å². The SMILES string of the molecule is CCNC(=NCc1c(CC)nn(C)c1CC)N1CCC(O)CC1. The first-order valence-corrected chi connectivity index (χ1v) is 8.85. The Morgan fingerprint density at radius 3 is 2.52 bits per heavy atom. The van der Waals surface area contributed by atoms with Crippen LogP contribution in [0.25, 0.3) is 0 Å². The molecule has 0 aliphatic carbocycles. The van der Waals surface area contributed by atoms with Crippen molar-refractivity contribution >= 4 is 5.96 Å². The Morgan fingerprint density at radius 1 is 1.26 bits per heavy atom. The topological polar surface area (TPSA) is 65.7 Å². The van der Waals surface area contributed by atoms with Crippen molar-refractivity contribution in [1.29, 1.82) is 0 Å². The normalized spacial score (nSPS) is 16.9. The van der Waals surface area contributed by atoms with E-state index in [2.05, 4.69) is 36.1 Å². The van der Waals surface area contributed by atoms with Crippen LogP contribution >= 0.6 is 0 Å². The minimum absolute atomic E-state index is 0.161. The van der Waals surface area contributed by atoms with E-state index in [0.717, 1.165) is 57.0 Å². The van der Waals surface area contributed by atoms with Gasteiger partial charge in [0.2, 0.25) is 0 Å². The van der Waals surface area contributed by atoms with Gasteiger partial charge in [-0.1, -0.05) is 13.8 Å². The molecule has 2 rings (SSSR count). The number of aliphatic imine (C=N–C) groups is 1. The summed E-state index contributed by atoms with van der Waals surface area (Å²) < 4.78 is 1.99. The monoisotopic (exact) mass is 321 g/mol. The molecule has 6 nitrogen and oxygen atoms in total. The Hall–Kier alpha value is -1.56. The Morgan fingerprint density at radius 2 is 1.96 bits per heavy atom. The molecule has 0 spiro atoms. The van der Waals surface area contributed by atoms with Crippen LogP contribution in [0.4, 0.5) is 0 Å². The van der Waals surface area contributed by atoms with Gasteiger partial charge in [0, 0.05) is 37.9 Å². The highest BCUT2D eigenvalue weighted by Gasteiger charge is 2.20. The zero-order valence-electron chi connectivity index (χ0n) is 15.0. The number of aromatic nitrogens is 2. The maximum absolute atomic E-state index is 9.69. The number of rotatable bonds is 5. The number of nitrogens with one attached hydrogen (secondary N) is 1. The fraction of sp³-hybridized carbons (Fsp3) is 0.765. The molecule has 1 saturated heterocycles. The van der Waals surface area contributed by atoms with Crippen LogP contribution in [-0.2, 0) is 26.4 Å². The maximum atomic E-state index is 9.69. The number of nitrogens with zero attached hydrogens (tertiary/aromatic N) is 4. The quantitative estimate of drug-likeness (QED) is 0.637. The van der Waals surface area contributed by atoms with E-state index < -0.39 is 0 Å². The third kappa shape index (κ3) is 4.25. The van der Waals surface area contributed by atoms with Crippen LogP contribution in [0.5, 0.6) is 0 Å². The van der Waals surface area contributed by atoms with E-state index in [1.54, 1.807) is 0 Å². The van der Waals surface area contributed by atoms with Crippen LogP contribution in [0, 0.1) is 0 Å². The molecule has 0 saturated carbocycles. The summed E-state index contributed by atoms with van der Waals surface area (Å²) in [6.45, 7) is 9.65. The summed E-state index contributed by atoms with van der Waals surface area (Å²) in [4.78, 5) is 7.11. The molecule has 0 bridgehead atoms. The second-order valence-corrected chi connectivity index (χ2v) is 6.09. The largest absolute Gasteiger partial charge is 0.393 e. The molecular formula is C17H31N5O. The van der Waals surface area contributed by atoms with Gasteiger partial charge in [0.15, 0.2) is 5.96 Å². The van der Waals surface area contributed by atoms with E-state index in [0.29, 0.717) is 6.54 Å². The maximum Gasteiger partial charge on any atom is 0.194 e. The Labute approximate surface area is 139 Å². The summed E-state index contributed by atoms with van der Waals surface area (Å²) in [7, 11) is 2.02. The van der Waals surface area contributed by atoms with Crippen molar-refractivity contribution in [2.24, 2.45) is 12.0 Å². The number of aryl methyl sites for hydroxylation is 2. The Balaban J connectivity index is 2.17. The number of hydrogen-bond acceptors (Lipinski definition) is 3. The second-order valence-electron chi connectivity index (χ2n) is 6.09. The Kier molecular flexibility index (Phi) is 6.45. The number of piperidine rings is 1. The zero-order chi connectivity index (χ0) is 16.8. The minimum Gasteiger partial charge on any atom is -0.393 e. The van der Waals surface area contributed by atoms with Gasteiger partial charge in [-0.3, -0.25) is 4.68 Å². The number of aliphatic hydroxyl groups is 1. The van der Waals surface area contributed by atoms with Crippen molar-refractivity contribution in [2.45, 2.75) is 59.1 Å². The summed E-state index contributed by atoms with van der Waals surface area (Å²) in [5.41, 5.74) is 3.69. The molecule has 130 valence electrons. The van der Waals surface area contributed by atoms with Crippen molar-refractivity contribution in [3.63, 3.8) is 0 Å². The van der Waals surface area contributed by atoms with E-state index in [1.165, 1.54) is 11.3 Å². The molecular weight excluding hydrogens is 290 g/mol. The van der Waals surface area contributed by atoms with Crippen LogP contribution in [0.3, 0.4) is 0 Å². The number of aliphatic hydroxyl groups excluding tert-OH is 1. The molecule has 1 fully saturated rings. The van der Waals surface area contributed by atoms with E-state index >= 15 is 0 Å². The molecule has 23 heavy (non-hydrogen) atoms. The molecule has 0 atom stereocenters. The van der Waals surface area contributed by atoms with Crippen LogP contribution < -0.4 is 5.32 Å². The summed E-state index contributed by atoms with van der Waals surface area (Å²) in [6.07, 6.45) is 3.38. The van der Waals surface area contributed by atoms with Crippen LogP contribution in [0.15, 0.2) is 4.99 Å². The van der Waals surface area contributed by atoms with E-state index in [9.17, 15) is 5.11 Å². The van der Waals surface area contributed by atoms with Gasteiger partial charge in [0.05, 0.1) is 18.3 Å². The smallest absolute Gasteiger partial charge is 0.194 e. The van der Waals surface area contributed by atoms with Gasteiger partial charge in [-0.25, -0.2) is 4.99 Å². The van der Waals surface area contributed by atoms with Crippen LogP contribution in [-0.4, -0.2) is 51.5 Å². The van der Waals surface area contributed by atoms with E-state index in [-0.39, 0.29) is 6.10 Å². The molecule has 1 aliphatic heterocycles. The lowest BCUT2D eigenvalue weighted by atomic mass is 10.1. The van der Waals surface area contributed by atoms with Crippen LogP contribution in [0.1, 0.15) is 50.6 Å². The summed E-state index contributed by atoms with van der Waals surface area (Å²) in [6, 6.07) is 0. The molecule has 0 unspecified atom stereocenters. The molecule has 1 aromatic heterocycles. The van der Waals surface area contributed by atoms with Crippen molar-refractivity contribution < 1.29 is 5.11 Å². The molecule has 2 heterocycles. The summed E-state index contributed by atoms with van der Waals surface area (Å²) >= 11 is 0. The average molecular weight is 321 g/mol. The highest BCUT2D eigenvalue weighted by molar-refractivity contribution is 5.80. The van der Waals surface area contributed by atoms with Gasteiger partial charge in [0.1, 0.15) is 0 Å². The molecule has 2 N–H and O–H groups in total. The first-order chi connectivity index (χ1) is 11.1. The van der Waals surface area contributed by atoms with Gasteiger partial charge < -0.3 is 15.3 Å². The lowest BCUT2D eigenvalue weighted by molar-refractivity contribution is 0.108. The second kappa shape index (κ2) is 8.34. The van der Waals surface area contributed by atoms with Gasteiger partial charge in [-0.05, 0) is 32.6 Å². The third-order valence-electron chi connectivity index (χ3n) is 4.51. The first kappa shape index (κ1) is 17.8. The minimum atomic E-state index is -0.161. The summed E-state index contributed by atoms with van der Waals surface area (Å²) in [5, 5.41) is 17.7. The van der Waals surface area contributed by atoms with Gasteiger partial charge in [-0.15, -0.1) is 0 Å². The molecule has 1 aliphatic rings. The molecule has 6 heteroatoms. The van der Waals surface area contributed by atoms with Gasteiger partial charge in [-0.2, -0.15) is 5.10 Å². The van der Waals surface area contributed by atoms with Crippen LogP contribution in [0.2, 0.25) is 0 Å². The lowest BCUT2D eigenvalue weighted by Gasteiger charge is -2.32. The Bertz CT molecular complexity index is 529. The molecule has 0 amide bonds. The fourth-order valence-electron chi connectivity index (χ4n) is 3.23. The standard InChI is InChI=1S/C17H31N5O/c1-5-15-14(16(6-2)21(4)20-15)12-19-17(18-7-3)22-10-8-13(23)9-11-22/h13,23H,5-12H2,1-4H3,(H,18,19). The highest BCUT2D eigenvalue weighted by atomic mass is 16.3. The number of likely N-dealkylation sites (tertiary alicyclic amines) is 1. The average Bonchev–Trinajstić information content (AvgIpc) is 2.87. The fourth-order valence-corrected chi connectivity index (χ4v) is 3.23. The number of hydrogen-bond donors (Lipinski definition) is 2. The van der Waals surface area contributed by atoms with Gasteiger partial charge >= 0.3 is 0 Å².